The first kappa shape index (κ1) is 21.6. The van der Waals surface area contributed by atoms with Gasteiger partial charge in [0.05, 0.1) is 29.0 Å². The predicted octanol–water partition coefficient (Wildman–Crippen LogP) is 4.09. The highest BCUT2D eigenvalue weighted by Gasteiger charge is 2.47. The van der Waals surface area contributed by atoms with Crippen molar-refractivity contribution in [3.05, 3.63) is 58.7 Å². The Hall–Kier alpha value is -2.67. The largest absolute Gasteiger partial charge is 0.279 e. The van der Waals surface area contributed by atoms with E-state index in [2.05, 4.69) is 4.72 Å². The maximum absolute atomic E-state index is 13.2. The number of benzene rings is 2. The summed E-state index contributed by atoms with van der Waals surface area (Å²) >= 11 is 0. The molecule has 7 heteroatoms. The molecule has 0 spiro atoms. The van der Waals surface area contributed by atoms with Gasteiger partial charge in [-0.05, 0) is 61.9 Å². The lowest BCUT2D eigenvalue weighted by Crippen LogP contribution is -2.30. The van der Waals surface area contributed by atoms with Gasteiger partial charge in [-0.25, -0.2) is 8.42 Å². The van der Waals surface area contributed by atoms with Crippen molar-refractivity contribution in [2.45, 2.75) is 57.9 Å². The van der Waals surface area contributed by atoms with Gasteiger partial charge in [-0.15, -0.1) is 0 Å². The molecule has 1 aliphatic heterocycles. The molecule has 2 unspecified atom stereocenters. The van der Waals surface area contributed by atoms with Crippen LogP contribution in [0.3, 0.4) is 0 Å². The maximum atomic E-state index is 13.2. The van der Waals surface area contributed by atoms with Crippen molar-refractivity contribution in [1.29, 1.82) is 0 Å². The summed E-state index contributed by atoms with van der Waals surface area (Å²) in [6.45, 7) is 5.57. The van der Waals surface area contributed by atoms with E-state index < -0.39 is 10.0 Å². The van der Waals surface area contributed by atoms with Crippen LogP contribution in [0.1, 0.15) is 47.9 Å². The molecular weight excluding hydrogens is 412 g/mol. The molecule has 2 amide bonds. The summed E-state index contributed by atoms with van der Waals surface area (Å²) < 4.78 is 29.1. The van der Waals surface area contributed by atoms with Crippen LogP contribution in [-0.4, -0.2) is 25.1 Å². The summed E-state index contributed by atoms with van der Waals surface area (Å²) in [6.07, 6.45) is 3.48. The summed E-state index contributed by atoms with van der Waals surface area (Å²) in [4.78, 5) is 27.1. The number of para-hydroxylation sites is 1. The van der Waals surface area contributed by atoms with E-state index >= 15 is 0 Å². The maximum Gasteiger partial charge on any atom is 0.262 e. The topological polar surface area (TPSA) is 83.6 Å². The molecule has 2 atom stereocenters. The van der Waals surface area contributed by atoms with E-state index in [1.165, 1.54) is 4.90 Å². The second-order valence-electron chi connectivity index (χ2n) is 8.73. The normalized spacial score (nSPS) is 21.3. The Morgan fingerprint density at radius 3 is 2.06 bits per heavy atom. The highest BCUT2D eigenvalue weighted by molar-refractivity contribution is 7.92. The molecule has 1 heterocycles. The van der Waals surface area contributed by atoms with Crippen molar-refractivity contribution in [2.75, 3.05) is 4.72 Å². The molecule has 2 fully saturated rings. The van der Waals surface area contributed by atoms with Gasteiger partial charge in [-0.2, -0.15) is 0 Å². The van der Waals surface area contributed by atoms with Crippen LogP contribution in [-0.2, 0) is 26.2 Å². The van der Waals surface area contributed by atoms with Crippen molar-refractivity contribution in [3.8, 4) is 0 Å². The van der Waals surface area contributed by atoms with Crippen molar-refractivity contribution >= 4 is 27.5 Å². The van der Waals surface area contributed by atoms with Gasteiger partial charge in [0.2, 0.25) is 11.8 Å². The zero-order valence-corrected chi connectivity index (χ0v) is 19.0. The molecule has 1 aliphatic carbocycles. The van der Waals surface area contributed by atoms with Gasteiger partial charge in [0.1, 0.15) is 0 Å². The van der Waals surface area contributed by atoms with Crippen LogP contribution >= 0.6 is 0 Å². The SMILES string of the molecule is Cc1ccc(CN2C(=O)C3CCCCC3C2=O)cc1S(=O)(=O)Nc1c(C)cccc1C. The third-order valence-corrected chi connectivity index (χ3v) is 8.02. The first-order valence-electron chi connectivity index (χ1n) is 10.7. The summed E-state index contributed by atoms with van der Waals surface area (Å²) in [7, 11) is -3.83. The summed E-state index contributed by atoms with van der Waals surface area (Å²) in [5, 5.41) is 0. The van der Waals surface area contributed by atoms with E-state index in [0.29, 0.717) is 16.8 Å². The quantitative estimate of drug-likeness (QED) is 0.710. The first-order valence-corrected chi connectivity index (χ1v) is 12.2. The number of nitrogens with one attached hydrogen (secondary N) is 1. The molecule has 0 radical (unpaired) electrons. The van der Waals surface area contributed by atoms with Crippen LogP contribution in [0.5, 0.6) is 0 Å². The number of carbonyl (C=O) groups is 2. The average Bonchev–Trinajstić information content (AvgIpc) is 2.97. The number of aryl methyl sites for hydroxylation is 3. The fraction of sp³-hybridized carbons (Fsp3) is 0.417. The number of anilines is 1. The predicted molar refractivity (Wildman–Crippen MR) is 119 cm³/mol. The molecule has 0 bridgehead atoms. The second kappa shape index (κ2) is 8.11. The number of hydrogen-bond acceptors (Lipinski definition) is 4. The Morgan fingerprint density at radius 1 is 0.903 bits per heavy atom. The number of amides is 2. The van der Waals surface area contributed by atoms with Gasteiger partial charge in [-0.3, -0.25) is 19.2 Å². The molecule has 1 N–H and O–H groups in total. The highest BCUT2D eigenvalue weighted by atomic mass is 32.2. The Morgan fingerprint density at radius 2 is 1.48 bits per heavy atom. The lowest BCUT2D eigenvalue weighted by atomic mass is 9.81. The molecule has 1 saturated carbocycles. The molecule has 6 nitrogen and oxygen atoms in total. The van der Waals surface area contributed by atoms with E-state index in [9.17, 15) is 18.0 Å². The molecule has 2 aromatic carbocycles. The van der Waals surface area contributed by atoms with Crippen molar-refractivity contribution in [2.24, 2.45) is 11.8 Å². The minimum Gasteiger partial charge on any atom is -0.279 e. The smallest absolute Gasteiger partial charge is 0.262 e. The highest BCUT2D eigenvalue weighted by Crippen LogP contribution is 2.38. The average molecular weight is 441 g/mol. The van der Waals surface area contributed by atoms with Crippen molar-refractivity contribution < 1.29 is 18.0 Å². The van der Waals surface area contributed by atoms with E-state index in [0.717, 1.165) is 36.8 Å². The van der Waals surface area contributed by atoms with Crippen LogP contribution in [0.25, 0.3) is 0 Å². The van der Waals surface area contributed by atoms with Gasteiger partial charge >= 0.3 is 0 Å². The van der Waals surface area contributed by atoms with Crippen LogP contribution in [0, 0.1) is 32.6 Å². The molecular formula is C24H28N2O4S. The number of hydrogen-bond donors (Lipinski definition) is 1. The fourth-order valence-corrected chi connectivity index (χ4v) is 6.27. The molecule has 2 aromatic rings. The summed E-state index contributed by atoms with van der Waals surface area (Å²) in [6, 6.07) is 10.7. The molecule has 31 heavy (non-hydrogen) atoms. The summed E-state index contributed by atoms with van der Waals surface area (Å²) in [5.41, 5.74) is 3.49. The van der Waals surface area contributed by atoms with Crippen LogP contribution in [0.2, 0.25) is 0 Å². The zero-order chi connectivity index (χ0) is 22.3. The van der Waals surface area contributed by atoms with E-state index in [1.54, 1.807) is 25.1 Å². The Bertz CT molecular complexity index is 1110. The third-order valence-electron chi connectivity index (χ3n) is 6.53. The minimum absolute atomic E-state index is 0.108. The standard InChI is InChI=1S/C24H28N2O4S/c1-15-11-12-18(14-26-23(27)19-9-4-5-10-20(19)24(26)28)13-21(15)31(29,30)25-22-16(2)7-6-8-17(22)3/h6-8,11-13,19-20,25H,4-5,9-10,14H2,1-3H3. The number of likely N-dealkylation sites (tertiary alicyclic amines) is 1. The van der Waals surface area contributed by atoms with Crippen molar-refractivity contribution in [3.63, 3.8) is 0 Å². The van der Waals surface area contributed by atoms with Crippen molar-refractivity contribution in [1.82, 2.24) is 4.90 Å². The molecule has 0 aromatic heterocycles. The fourth-order valence-electron chi connectivity index (χ4n) is 4.77. The van der Waals surface area contributed by atoms with Gasteiger partial charge < -0.3 is 0 Å². The van der Waals surface area contributed by atoms with Gasteiger partial charge in [0.15, 0.2) is 0 Å². The lowest BCUT2D eigenvalue weighted by Gasteiger charge is -2.19. The number of sulfonamides is 1. The molecule has 164 valence electrons. The Balaban J connectivity index is 1.61. The number of nitrogens with zero attached hydrogens (tertiary/aromatic N) is 1. The Labute approximate surface area is 183 Å². The zero-order valence-electron chi connectivity index (χ0n) is 18.1. The molecule has 1 saturated heterocycles. The minimum atomic E-state index is -3.83. The van der Waals surface area contributed by atoms with E-state index in [1.807, 2.05) is 32.0 Å². The summed E-state index contributed by atoms with van der Waals surface area (Å²) in [5.74, 6) is -0.650. The van der Waals surface area contributed by atoms with E-state index in [-0.39, 0.29) is 35.1 Å². The van der Waals surface area contributed by atoms with Crippen LogP contribution in [0.4, 0.5) is 5.69 Å². The number of fused-ring (bicyclic) bond motifs is 1. The Kier molecular flexibility index (Phi) is 5.64. The number of imide groups is 1. The second-order valence-corrected chi connectivity index (χ2v) is 10.4. The lowest BCUT2D eigenvalue weighted by molar-refractivity contribution is -0.140. The molecule has 4 rings (SSSR count). The monoisotopic (exact) mass is 440 g/mol. The van der Waals surface area contributed by atoms with Crippen LogP contribution in [0.15, 0.2) is 41.3 Å². The van der Waals surface area contributed by atoms with Crippen LogP contribution < -0.4 is 4.72 Å². The number of carbonyl (C=O) groups excluding carboxylic acids is 2. The van der Waals surface area contributed by atoms with Gasteiger partial charge in [0, 0.05) is 0 Å². The number of rotatable bonds is 5. The third kappa shape index (κ3) is 3.99. The van der Waals surface area contributed by atoms with Gasteiger partial charge in [-0.1, -0.05) is 43.2 Å². The van der Waals surface area contributed by atoms with Gasteiger partial charge in [0.25, 0.3) is 10.0 Å². The van der Waals surface area contributed by atoms with E-state index in [4.69, 9.17) is 0 Å². The first-order chi connectivity index (χ1) is 14.7. The molecule has 2 aliphatic rings.